The number of nitrogens with zero attached hydrogens (tertiary/aromatic N) is 1. The molecule has 142 valence electrons. The Morgan fingerprint density at radius 2 is 1.37 bits per heavy atom. The molecule has 0 spiro atoms. The van der Waals surface area contributed by atoms with Gasteiger partial charge in [0.1, 0.15) is 0 Å². The van der Waals surface area contributed by atoms with Gasteiger partial charge >= 0.3 is 0 Å². The summed E-state index contributed by atoms with van der Waals surface area (Å²) in [5.74, 6) is -1.24. The molecule has 0 unspecified atom stereocenters. The zero-order valence-corrected chi connectivity index (χ0v) is 15.9. The Kier molecular flexibility index (Phi) is 4.54. The highest BCUT2D eigenvalue weighted by molar-refractivity contribution is 7.92. The predicted molar refractivity (Wildman–Crippen MR) is 96.4 cm³/mol. The number of nitrogens with one attached hydrogen (secondary N) is 2. The van der Waals surface area contributed by atoms with Gasteiger partial charge in [-0.25, -0.2) is 21.1 Å². The van der Waals surface area contributed by atoms with Crippen molar-refractivity contribution in [2.75, 3.05) is 18.8 Å². The van der Waals surface area contributed by atoms with E-state index >= 15 is 0 Å². The van der Waals surface area contributed by atoms with E-state index in [2.05, 4.69) is 10.0 Å². The van der Waals surface area contributed by atoms with E-state index < -0.39 is 31.9 Å². The molecular formula is C16H15N3O6S2. The van der Waals surface area contributed by atoms with Crippen molar-refractivity contribution >= 4 is 37.5 Å². The number of benzene rings is 2. The van der Waals surface area contributed by atoms with E-state index in [0.29, 0.717) is 0 Å². The van der Waals surface area contributed by atoms with Crippen LogP contribution in [0, 0.1) is 0 Å². The van der Waals surface area contributed by atoms with Crippen LogP contribution in [0.1, 0.15) is 20.7 Å². The van der Waals surface area contributed by atoms with Crippen molar-refractivity contribution in [2.45, 2.75) is 9.79 Å². The molecule has 9 nitrogen and oxygen atoms in total. The quantitative estimate of drug-likeness (QED) is 0.697. The van der Waals surface area contributed by atoms with Crippen LogP contribution in [0.5, 0.6) is 0 Å². The average molecular weight is 409 g/mol. The molecule has 2 N–H and O–H groups in total. The highest BCUT2D eigenvalue weighted by Gasteiger charge is 2.28. The summed E-state index contributed by atoms with van der Waals surface area (Å²) in [5, 5.41) is 2.09. The number of carbonyl (C=O) groups excluding carboxylic acids is 2. The van der Waals surface area contributed by atoms with Crippen LogP contribution in [0.3, 0.4) is 0 Å². The normalized spacial score (nSPS) is 14.2. The Bertz CT molecular complexity index is 1150. The van der Waals surface area contributed by atoms with Crippen molar-refractivity contribution < 1.29 is 26.4 Å². The number of imide groups is 1. The van der Waals surface area contributed by atoms with Crippen LogP contribution in [0.4, 0.5) is 5.69 Å². The van der Waals surface area contributed by atoms with Crippen LogP contribution in [0.25, 0.3) is 0 Å². The van der Waals surface area contributed by atoms with Crippen molar-refractivity contribution in [1.82, 2.24) is 9.62 Å². The van der Waals surface area contributed by atoms with E-state index in [4.69, 9.17) is 0 Å². The predicted octanol–water partition coefficient (Wildman–Crippen LogP) is 0.621. The molecule has 1 heterocycles. The third-order valence-corrected chi connectivity index (χ3v) is 7.11. The lowest BCUT2D eigenvalue weighted by atomic mass is 10.1. The summed E-state index contributed by atoms with van der Waals surface area (Å²) in [7, 11) is -4.89. The number of fused-ring (bicyclic) bond motifs is 1. The van der Waals surface area contributed by atoms with Gasteiger partial charge in [0.25, 0.3) is 21.8 Å². The second-order valence-corrected chi connectivity index (χ2v) is 9.74. The first-order valence-corrected chi connectivity index (χ1v) is 10.5. The van der Waals surface area contributed by atoms with Gasteiger partial charge in [-0.2, -0.15) is 0 Å². The number of rotatable bonds is 5. The standard InChI is InChI=1S/C16H15N3O6S2/c1-19(2)27(24,25)11-5-3-10(4-6-11)18-26(22,23)12-7-8-13-14(9-12)16(21)17-15(13)20/h3-9,18H,1-2H3,(H,17,20,21). The Labute approximate surface area is 156 Å². The Hall–Kier alpha value is -2.76. The highest BCUT2D eigenvalue weighted by atomic mass is 32.2. The summed E-state index contributed by atoms with van der Waals surface area (Å²) in [6.45, 7) is 0. The van der Waals surface area contributed by atoms with E-state index in [9.17, 15) is 26.4 Å². The molecule has 0 radical (unpaired) electrons. The lowest BCUT2D eigenvalue weighted by molar-refractivity contribution is 0.0879. The van der Waals surface area contributed by atoms with Crippen molar-refractivity contribution in [3.8, 4) is 0 Å². The number of hydrogen-bond donors (Lipinski definition) is 2. The van der Waals surface area contributed by atoms with Crippen molar-refractivity contribution in [3.63, 3.8) is 0 Å². The van der Waals surface area contributed by atoms with Crippen molar-refractivity contribution in [3.05, 3.63) is 53.6 Å². The first kappa shape index (κ1) is 19.0. The lowest BCUT2D eigenvalue weighted by Gasteiger charge is -2.12. The minimum Gasteiger partial charge on any atom is -0.288 e. The number of anilines is 1. The third-order valence-electron chi connectivity index (χ3n) is 3.90. The molecule has 0 aliphatic carbocycles. The first-order chi connectivity index (χ1) is 12.5. The molecule has 0 atom stereocenters. The smallest absolute Gasteiger partial charge is 0.261 e. The minimum absolute atomic E-state index is 0.0168. The Morgan fingerprint density at radius 3 is 1.96 bits per heavy atom. The van der Waals surface area contributed by atoms with Crippen molar-refractivity contribution in [2.24, 2.45) is 0 Å². The fourth-order valence-electron chi connectivity index (χ4n) is 2.43. The molecule has 2 aromatic rings. The monoisotopic (exact) mass is 409 g/mol. The second kappa shape index (κ2) is 6.44. The summed E-state index contributed by atoms with van der Waals surface area (Å²) >= 11 is 0. The topological polar surface area (TPSA) is 130 Å². The van der Waals surface area contributed by atoms with Crippen LogP contribution in [0.15, 0.2) is 52.3 Å². The second-order valence-electron chi connectivity index (χ2n) is 5.91. The zero-order valence-electron chi connectivity index (χ0n) is 14.3. The molecule has 3 rings (SSSR count). The Balaban J connectivity index is 1.89. The largest absolute Gasteiger partial charge is 0.288 e. The molecule has 2 aromatic carbocycles. The van der Waals surface area contributed by atoms with Crippen LogP contribution in [0.2, 0.25) is 0 Å². The molecular weight excluding hydrogens is 394 g/mol. The van der Waals surface area contributed by atoms with Gasteiger partial charge < -0.3 is 0 Å². The van der Waals surface area contributed by atoms with Crippen LogP contribution < -0.4 is 10.0 Å². The fourth-order valence-corrected chi connectivity index (χ4v) is 4.42. The highest BCUT2D eigenvalue weighted by Crippen LogP contribution is 2.23. The van der Waals surface area contributed by atoms with Gasteiger partial charge in [-0.1, -0.05) is 0 Å². The maximum atomic E-state index is 12.5. The maximum absolute atomic E-state index is 12.5. The molecule has 0 saturated carbocycles. The number of amides is 2. The summed E-state index contributed by atoms with van der Waals surface area (Å²) in [6.07, 6.45) is 0. The van der Waals surface area contributed by atoms with E-state index in [-0.39, 0.29) is 26.6 Å². The summed E-state index contributed by atoms with van der Waals surface area (Å²) in [5.41, 5.74) is 0.237. The van der Waals surface area contributed by atoms with Crippen LogP contribution in [-0.4, -0.2) is 47.1 Å². The van der Waals surface area contributed by atoms with Gasteiger partial charge in [-0.05, 0) is 42.5 Å². The molecule has 0 aromatic heterocycles. The van der Waals surface area contributed by atoms with E-state index in [1.54, 1.807) is 0 Å². The van der Waals surface area contributed by atoms with Crippen molar-refractivity contribution in [1.29, 1.82) is 0 Å². The number of sulfonamides is 2. The fraction of sp³-hybridized carbons (Fsp3) is 0.125. The molecule has 0 fully saturated rings. The average Bonchev–Trinajstić information content (AvgIpc) is 2.89. The molecule has 27 heavy (non-hydrogen) atoms. The molecule has 0 bridgehead atoms. The van der Waals surface area contributed by atoms with Gasteiger partial charge in [-0.15, -0.1) is 0 Å². The maximum Gasteiger partial charge on any atom is 0.261 e. The van der Waals surface area contributed by atoms with E-state index in [1.165, 1.54) is 50.5 Å². The summed E-state index contributed by atoms with van der Waals surface area (Å²) in [4.78, 5) is 23.0. The number of hydrogen-bond acceptors (Lipinski definition) is 6. The van der Waals surface area contributed by atoms with Crippen LogP contribution in [-0.2, 0) is 20.0 Å². The van der Waals surface area contributed by atoms with Gasteiger partial charge in [-0.3, -0.25) is 19.6 Å². The molecule has 1 aliphatic rings. The first-order valence-electron chi connectivity index (χ1n) is 7.57. The SMILES string of the molecule is CN(C)S(=O)(=O)c1ccc(NS(=O)(=O)c2ccc3c(c2)C(=O)NC3=O)cc1. The Morgan fingerprint density at radius 1 is 0.815 bits per heavy atom. The van der Waals surface area contributed by atoms with Crippen LogP contribution >= 0.6 is 0 Å². The molecule has 11 heteroatoms. The van der Waals surface area contributed by atoms with Gasteiger partial charge in [0, 0.05) is 19.8 Å². The molecule has 2 amide bonds. The third kappa shape index (κ3) is 3.44. The van der Waals surface area contributed by atoms with Gasteiger partial charge in [0.2, 0.25) is 10.0 Å². The van der Waals surface area contributed by atoms with Gasteiger partial charge in [0.15, 0.2) is 0 Å². The lowest BCUT2D eigenvalue weighted by Crippen LogP contribution is -2.22. The number of carbonyl (C=O) groups is 2. The molecule has 0 saturated heterocycles. The minimum atomic E-state index is -4.04. The zero-order chi connectivity index (χ0) is 20.0. The molecule has 1 aliphatic heterocycles. The summed E-state index contributed by atoms with van der Waals surface area (Å²) < 4.78 is 52.5. The van der Waals surface area contributed by atoms with E-state index in [0.717, 1.165) is 10.4 Å². The van der Waals surface area contributed by atoms with Gasteiger partial charge in [0.05, 0.1) is 20.9 Å². The summed E-state index contributed by atoms with van der Waals surface area (Å²) in [6, 6.07) is 8.78. The van der Waals surface area contributed by atoms with E-state index in [1.807, 2.05) is 0 Å².